The van der Waals surface area contributed by atoms with Gasteiger partial charge in [-0.2, -0.15) is 4.98 Å². The first-order valence-corrected chi connectivity index (χ1v) is 8.40. The number of nitrogens with zero attached hydrogens (tertiary/aromatic N) is 2. The predicted molar refractivity (Wildman–Crippen MR) is 92.0 cm³/mol. The van der Waals surface area contributed by atoms with Gasteiger partial charge in [-0.25, -0.2) is 0 Å². The molecule has 124 valence electrons. The van der Waals surface area contributed by atoms with Crippen molar-refractivity contribution in [3.63, 3.8) is 0 Å². The van der Waals surface area contributed by atoms with Crippen molar-refractivity contribution < 1.29 is 4.52 Å². The van der Waals surface area contributed by atoms with Crippen LogP contribution in [-0.2, 0) is 11.0 Å². The molecule has 0 spiro atoms. The number of halogens is 2. The van der Waals surface area contributed by atoms with Gasteiger partial charge in [0.1, 0.15) is 0 Å². The molecule has 0 atom stereocenters. The SMILES string of the molecule is Cl.NC1(c2noc(C3(c4ccc(Cl)cc4)CCCC3)n2)CCC1. The van der Waals surface area contributed by atoms with Crippen LogP contribution in [0.15, 0.2) is 28.8 Å². The molecule has 1 heterocycles. The Morgan fingerprint density at radius 1 is 1.00 bits per heavy atom. The topological polar surface area (TPSA) is 64.9 Å². The zero-order valence-electron chi connectivity index (χ0n) is 12.9. The summed E-state index contributed by atoms with van der Waals surface area (Å²) in [5.74, 6) is 1.40. The number of rotatable bonds is 3. The van der Waals surface area contributed by atoms with Crippen molar-refractivity contribution in [3.05, 3.63) is 46.6 Å². The molecule has 0 radical (unpaired) electrons. The van der Waals surface area contributed by atoms with Crippen LogP contribution in [0.25, 0.3) is 0 Å². The Balaban J connectivity index is 0.00000156. The van der Waals surface area contributed by atoms with Gasteiger partial charge in [-0.3, -0.25) is 0 Å². The summed E-state index contributed by atoms with van der Waals surface area (Å²) in [6.45, 7) is 0. The van der Waals surface area contributed by atoms with Crippen LogP contribution in [0.3, 0.4) is 0 Å². The lowest BCUT2D eigenvalue weighted by Crippen LogP contribution is -2.44. The molecule has 0 saturated heterocycles. The smallest absolute Gasteiger partial charge is 0.237 e. The highest BCUT2D eigenvalue weighted by Crippen LogP contribution is 2.47. The fourth-order valence-electron chi connectivity index (χ4n) is 3.77. The van der Waals surface area contributed by atoms with E-state index in [1.54, 1.807) is 0 Å². The number of benzene rings is 1. The van der Waals surface area contributed by atoms with Crippen LogP contribution in [0.2, 0.25) is 5.02 Å². The van der Waals surface area contributed by atoms with Gasteiger partial charge in [-0.05, 0) is 49.8 Å². The summed E-state index contributed by atoms with van der Waals surface area (Å²) in [5, 5.41) is 4.95. The van der Waals surface area contributed by atoms with Crippen molar-refractivity contribution in [1.29, 1.82) is 0 Å². The van der Waals surface area contributed by atoms with Crippen molar-refractivity contribution in [1.82, 2.24) is 10.1 Å². The van der Waals surface area contributed by atoms with Gasteiger partial charge < -0.3 is 10.3 Å². The monoisotopic (exact) mass is 353 g/mol. The molecule has 2 fully saturated rings. The van der Waals surface area contributed by atoms with Crippen molar-refractivity contribution in [2.45, 2.75) is 55.9 Å². The molecule has 2 aliphatic rings. The Morgan fingerprint density at radius 3 is 2.22 bits per heavy atom. The number of hydrogen-bond donors (Lipinski definition) is 1. The lowest BCUT2D eigenvalue weighted by Gasteiger charge is -2.34. The van der Waals surface area contributed by atoms with Crippen LogP contribution in [-0.4, -0.2) is 10.1 Å². The first-order chi connectivity index (χ1) is 10.6. The van der Waals surface area contributed by atoms with Crippen LogP contribution in [0.5, 0.6) is 0 Å². The molecule has 0 unspecified atom stereocenters. The molecule has 4 nitrogen and oxygen atoms in total. The third-order valence-electron chi connectivity index (χ3n) is 5.38. The minimum Gasteiger partial charge on any atom is -0.338 e. The minimum atomic E-state index is -0.373. The fourth-order valence-corrected chi connectivity index (χ4v) is 3.90. The van der Waals surface area contributed by atoms with Gasteiger partial charge in [0.05, 0.1) is 11.0 Å². The van der Waals surface area contributed by atoms with E-state index in [1.165, 1.54) is 18.4 Å². The first kappa shape index (κ1) is 16.7. The van der Waals surface area contributed by atoms with Crippen molar-refractivity contribution >= 4 is 24.0 Å². The largest absolute Gasteiger partial charge is 0.338 e. The summed E-state index contributed by atoms with van der Waals surface area (Å²) in [6, 6.07) is 8.04. The molecule has 0 amide bonds. The van der Waals surface area contributed by atoms with Gasteiger partial charge in [0.25, 0.3) is 0 Å². The minimum absolute atomic E-state index is 0. The molecule has 23 heavy (non-hydrogen) atoms. The fraction of sp³-hybridized carbons (Fsp3) is 0.529. The maximum absolute atomic E-state index is 6.34. The van der Waals surface area contributed by atoms with E-state index in [-0.39, 0.29) is 23.4 Å². The Morgan fingerprint density at radius 2 is 1.65 bits per heavy atom. The lowest BCUT2D eigenvalue weighted by atomic mass is 9.76. The highest BCUT2D eigenvalue weighted by atomic mass is 35.5. The number of hydrogen-bond acceptors (Lipinski definition) is 4. The van der Waals surface area contributed by atoms with Crippen molar-refractivity contribution in [2.24, 2.45) is 5.73 Å². The average molecular weight is 354 g/mol. The molecular weight excluding hydrogens is 333 g/mol. The van der Waals surface area contributed by atoms with E-state index >= 15 is 0 Å². The molecular formula is C17H21Cl2N3O. The number of nitrogens with two attached hydrogens (primary N) is 1. The van der Waals surface area contributed by atoms with Crippen LogP contribution in [0.4, 0.5) is 0 Å². The highest BCUT2D eigenvalue weighted by molar-refractivity contribution is 6.30. The summed E-state index contributed by atoms with van der Waals surface area (Å²) in [6.07, 6.45) is 7.45. The van der Waals surface area contributed by atoms with E-state index in [0.717, 1.165) is 43.0 Å². The van der Waals surface area contributed by atoms with E-state index in [4.69, 9.17) is 26.8 Å². The second-order valence-corrected chi connectivity index (χ2v) is 7.17. The Kier molecular flexibility index (Phi) is 4.43. The second kappa shape index (κ2) is 6.08. The molecule has 2 aliphatic carbocycles. The van der Waals surface area contributed by atoms with E-state index in [1.807, 2.05) is 12.1 Å². The van der Waals surface area contributed by atoms with Crippen LogP contribution in [0, 0.1) is 0 Å². The van der Waals surface area contributed by atoms with Crippen LogP contribution < -0.4 is 5.73 Å². The molecule has 2 saturated carbocycles. The third kappa shape index (κ3) is 2.67. The summed E-state index contributed by atoms with van der Waals surface area (Å²) < 4.78 is 5.68. The summed E-state index contributed by atoms with van der Waals surface area (Å²) in [7, 11) is 0. The predicted octanol–water partition coefficient (Wildman–Crippen LogP) is 4.34. The Hall–Kier alpha value is -1.10. The molecule has 0 bridgehead atoms. The lowest BCUT2D eigenvalue weighted by molar-refractivity contribution is 0.227. The first-order valence-electron chi connectivity index (χ1n) is 8.02. The molecule has 2 aromatic rings. The van der Waals surface area contributed by atoms with Gasteiger partial charge in [0.15, 0.2) is 5.82 Å². The molecule has 2 N–H and O–H groups in total. The number of aromatic nitrogens is 2. The van der Waals surface area contributed by atoms with E-state index in [2.05, 4.69) is 17.3 Å². The van der Waals surface area contributed by atoms with Gasteiger partial charge in [0, 0.05) is 5.02 Å². The standard InChI is InChI=1S/C17H20ClN3O.ClH/c18-13-6-4-12(5-7-13)16(8-1-2-9-16)15-20-14(21-22-15)17(19)10-3-11-17;/h4-7H,1-3,8-11,19H2;1H. The van der Waals surface area contributed by atoms with Gasteiger partial charge >= 0.3 is 0 Å². The average Bonchev–Trinajstić information content (AvgIpc) is 3.15. The van der Waals surface area contributed by atoms with Gasteiger partial charge in [-0.1, -0.05) is 41.7 Å². The molecule has 6 heteroatoms. The van der Waals surface area contributed by atoms with E-state index in [9.17, 15) is 0 Å². The Labute approximate surface area is 147 Å². The molecule has 0 aliphatic heterocycles. The maximum atomic E-state index is 6.34. The van der Waals surface area contributed by atoms with Gasteiger partial charge in [0.2, 0.25) is 5.89 Å². The van der Waals surface area contributed by atoms with Crippen LogP contribution >= 0.6 is 24.0 Å². The zero-order chi connectivity index (χ0) is 15.2. The maximum Gasteiger partial charge on any atom is 0.237 e. The molecule has 4 rings (SSSR count). The van der Waals surface area contributed by atoms with Crippen LogP contribution in [0.1, 0.15) is 62.2 Å². The normalized spacial score (nSPS) is 21.5. The quantitative estimate of drug-likeness (QED) is 0.890. The zero-order valence-corrected chi connectivity index (χ0v) is 14.5. The van der Waals surface area contributed by atoms with E-state index < -0.39 is 0 Å². The third-order valence-corrected chi connectivity index (χ3v) is 5.63. The Bertz CT molecular complexity index is 673. The molecule has 1 aromatic carbocycles. The van der Waals surface area contributed by atoms with E-state index in [0.29, 0.717) is 5.82 Å². The molecule has 1 aromatic heterocycles. The second-order valence-electron chi connectivity index (χ2n) is 6.73. The van der Waals surface area contributed by atoms with Gasteiger partial charge in [-0.15, -0.1) is 12.4 Å². The van der Waals surface area contributed by atoms with Crippen molar-refractivity contribution in [2.75, 3.05) is 0 Å². The van der Waals surface area contributed by atoms with Crippen molar-refractivity contribution in [3.8, 4) is 0 Å². The summed E-state index contributed by atoms with van der Waals surface area (Å²) in [4.78, 5) is 4.72. The summed E-state index contributed by atoms with van der Waals surface area (Å²) in [5.41, 5.74) is 7.00. The highest BCUT2D eigenvalue weighted by Gasteiger charge is 2.45. The summed E-state index contributed by atoms with van der Waals surface area (Å²) >= 11 is 6.03.